The van der Waals surface area contributed by atoms with Crippen LogP contribution in [-0.4, -0.2) is 24.5 Å². The zero-order valence-electron chi connectivity index (χ0n) is 12.8. The van der Waals surface area contributed by atoms with E-state index in [1.807, 2.05) is 0 Å². The monoisotopic (exact) mass is 280 g/mol. The van der Waals surface area contributed by atoms with E-state index in [0.717, 1.165) is 26.2 Å². The van der Waals surface area contributed by atoms with Crippen LogP contribution in [0.5, 0.6) is 0 Å². The summed E-state index contributed by atoms with van der Waals surface area (Å²) < 4.78 is 0. The van der Waals surface area contributed by atoms with Crippen LogP contribution >= 0.6 is 0 Å². The van der Waals surface area contributed by atoms with Gasteiger partial charge in [-0.15, -0.1) is 0 Å². The molecule has 1 unspecified atom stereocenters. The summed E-state index contributed by atoms with van der Waals surface area (Å²) in [6, 6.07) is 19.5. The van der Waals surface area contributed by atoms with Gasteiger partial charge in [0.05, 0.1) is 0 Å². The molecule has 2 aromatic carbocycles. The van der Waals surface area contributed by atoms with E-state index >= 15 is 0 Å². The normalized spacial score (nSPS) is 22.6. The average Bonchev–Trinajstić information content (AvgIpc) is 2.90. The first kappa shape index (κ1) is 14.3. The third-order valence-corrected chi connectivity index (χ3v) is 4.57. The topological polar surface area (TPSA) is 29.3 Å². The van der Waals surface area contributed by atoms with Crippen LogP contribution in [-0.2, 0) is 6.54 Å². The fourth-order valence-corrected chi connectivity index (χ4v) is 3.17. The van der Waals surface area contributed by atoms with Crippen molar-refractivity contribution in [3.8, 4) is 11.1 Å². The molecule has 1 aliphatic rings. The minimum atomic E-state index is 0.303. The van der Waals surface area contributed by atoms with Gasteiger partial charge in [-0.2, -0.15) is 0 Å². The molecule has 110 valence electrons. The van der Waals surface area contributed by atoms with Gasteiger partial charge >= 0.3 is 0 Å². The van der Waals surface area contributed by atoms with E-state index in [4.69, 9.17) is 5.73 Å². The van der Waals surface area contributed by atoms with Crippen molar-refractivity contribution in [3.05, 3.63) is 60.2 Å². The summed E-state index contributed by atoms with van der Waals surface area (Å²) in [4.78, 5) is 2.52. The Morgan fingerprint density at radius 2 is 1.81 bits per heavy atom. The summed E-state index contributed by atoms with van der Waals surface area (Å²) in [6.45, 7) is 6.37. The van der Waals surface area contributed by atoms with Crippen LogP contribution in [0.3, 0.4) is 0 Å². The van der Waals surface area contributed by atoms with Crippen molar-refractivity contribution < 1.29 is 0 Å². The zero-order chi connectivity index (χ0) is 14.7. The molecule has 3 rings (SSSR count). The van der Waals surface area contributed by atoms with Crippen molar-refractivity contribution in [2.24, 2.45) is 11.1 Å². The van der Waals surface area contributed by atoms with Gasteiger partial charge in [0.1, 0.15) is 0 Å². The molecule has 1 fully saturated rings. The Morgan fingerprint density at radius 3 is 2.52 bits per heavy atom. The molecule has 0 aliphatic carbocycles. The minimum Gasteiger partial charge on any atom is -0.330 e. The predicted molar refractivity (Wildman–Crippen MR) is 88.9 cm³/mol. The summed E-state index contributed by atoms with van der Waals surface area (Å²) in [5.41, 5.74) is 10.2. The van der Waals surface area contributed by atoms with Crippen molar-refractivity contribution in [2.75, 3.05) is 19.6 Å². The lowest BCUT2D eigenvalue weighted by atomic mass is 9.90. The Labute approximate surface area is 127 Å². The van der Waals surface area contributed by atoms with E-state index in [-0.39, 0.29) is 0 Å². The van der Waals surface area contributed by atoms with Crippen molar-refractivity contribution in [1.29, 1.82) is 0 Å². The third kappa shape index (κ3) is 3.34. The molecule has 2 heteroatoms. The van der Waals surface area contributed by atoms with Crippen molar-refractivity contribution in [2.45, 2.75) is 19.9 Å². The molecular weight excluding hydrogens is 256 g/mol. The fourth-order valence-electron chi connectivity index (χ4n) is 3.17. The average molecular weight is 280 g/mol. The minimum absolute atomic E-state index is 0.303. The second-order valence-corrected chi connectivity index (χ2v) is 6.54. The highest BCUT2D eigenvalue weighted by Crippen LogP contribution is 2.30. The van der Waals surface area contributed by atoms with Gasteiger partial charge in [-0.05, 0) is 47.7 Å². The van der Waals surface area contributed by atoms with E-state index in [0.29, 0.717) is 5.41 Å². The number of benzene rings is 2. The van der Waals surface area contributed by atoms with E-state index in [1.165, 1.54) is 23.1 Å². The van der Waals surface area contributed by atoms with Crippen LogP contribution in [0.4, 0.5) is 0 Å². The van der Waals surface area contributed by atoms with Gasteiger partial charge in [-0.25, -0.2) is 0 Å². The molecular formula is C19H24N2. The molecule has 0 amide bonds. The maximum Gasteiger partial charge on any atom is 0.0234 e. The molecule has 21 heavy (non-hydrogen) atoms. The number of hydrogen-bond acceptors (Lipinski definition) is 2. The molecule has 2 aromatic rings. The summed E-state index contributed by atoms with van der Waals surface area (Å²) in [6.07, 6.45) is 1.21. The van der Waals surface area contributed by atoms with Crippen molar-refractivity contribution in [1.82, 2.24) is 4.90 Å². The predicted octanol–water partition coefficient (Wildman–Crippen LogP) is 3.52. The van der Waals surface area contributed by atoms with Crippen LogP contribution in [0.2, 0.25) is 0 Å². The lowest BCUT2D eigenvalue weighted by Crippen LogP contribution is -2.31. The van der Waals surface area contributed by atoms with Crippen LogP contribution in [0.1, 0.15) is 18.9 Å². The maximum atomic E-state index is 5.90. The molecule has 0 spiro atoms. The molecule has 1 heterocycles. The first-order valence-corrected chi connectivity index (χ1v) is 7.75. The molecule has 1 atom stereocenters. The second-order valence-electron chi connectivity index (χ2n) is 6.54. The fraction of sp³-hybridized carbons (Fsp3) is 0.368. The molecule has 0 saturated carbocycles. The molecule has 1 saturated heterocycles. The van der Waals surface area contributed by atoms with Crippen LogP contribution < -0.4 is 5.73 Å². The highest BCUT2D eigenvalue weighted by Gasteiger charge is 2.32. The first-order valence-electron chi connectivity index (χ1n) is 7.75. The summed E-state index contributed by atoms with van der Waals surface area (Å²) in [5.74, 6) is 0. The van der Waals surface area contributed by atoms with Gasteiger partial charge < -0.3 is 5.73 Å². The van der Waals surface area contributed by atoms with E-state index in [1.54, 1.807) is 0 Å². The van der Waals surface area contributed by atoms with Crippen LogP contribution in [0.25, 0.3) is 11.1 Å². The van der Waals surface area contributed by atoms with E-state index < -0.39 is 0 Å². The quantitative estimate of drug-likeness (QED) is 0.928. The SMILES string of the molecule is CC1(CN)CCN(Cc2cccc(-c3ccccc3)c2)C1. The molecule has 2 N–H and O–H groups in total. The van der Waals surface area contributed by atoms with E-state index in [2.05, 4.69) is 66.4 Å². The smallest absolute Gasteiger partial charge is 0.0234 e. The summed E-state index contributed by atoms with van der Waals surface area (Å²) in [5, 5.41) is 0. The van der Waals surface area contributed by atoms with Gasteiger partial charge in [-0.3, -0.25) is 4.90 Å². The Morgan fingerprint density at radius 1 is 1.05 bits per heavy atom. The molecule has 0 aromatic heterocycles. The van der Waals surface area contributed by atoms with Gasteiger partial charge in [0, 0.05) is 13.1 Å². The van der Waals surface area contributed by atoms with E-state index in [9.17, 15) is 0 Å². The Bertz CT molecular complexity index is 594. The van der Waals surface area contributed by atoms with Crippen molar-refractivity contribution >= 4 is 0 Å². The highest BCUT2D eigenvalue weighted by atomic mass is 15.2. The lowest BCUT2D eigenvalue weighted by molar-refractivity contribution is 0.274. The van der Waals surface area contributed by atoms with Gasteiger partial charge in [0.25, 0.3) is 0 Å². The largest absolute Gasteiger partial charge is 0.330 e. The molecule has 1 aliphatic heterocycles. The highest BCUT2D eigenvalue weighted by molar-refractivity contribution is 5.63. The van der Waals surface area contributed by atoms with Crippen LogP contribution in [0.15, 0.2) is 54.6 Å². The Balaban J connectivity index is 1.73. The van der Waals surface area contributed by atoms with Gasteiger partial charge in [0.2, 0.25) is 0 Å². The zero-order valence-corrected chi connectivity index (χ0v) is 12.8. The number of nitrogens with zero attached hydrogens (tertiary/aromatic N) is 1. The van der Waals surface area contributed by atoms with Gasteiger partial charge in [-0.1, -0.05) is 55.5 Å². The number of hydrogen-bond donors (Lipinski definition) is 1. The molecule has 0 bridgehead atoms. The summed E-state index contributed by atoms with van der Waals surface area (Å²) >= 11 is 0. The number of rotatable bonds is 4. The van der Waals surface area contributed by atoms with Crippen molar-refractivity contribution in [3.63, 3.8) is 0 Å². The van der Waals surface area contributed by atoms with Gasteiger partial charge in [0.15, 0.2) is 0 Å². The Hall–Kier alpha value is -1.64. The standard InChI is InChI=1S/C19H24N2/c1-19(14-20)10-11-21(15-19)13-16-6-5-9-18(12-16)17-7-3-2-4-8-17/h2-9,12H,10-11,13-15,20H2,1H3. The lowest BCUT2D eigenvalue weighted by Gasteiger charge is -2.22. The van der Waals surface area contributed by atoms with Crippen LogP contribution in [0, 0.1) is 5.41 Å². The maximum absolute atomic E-state index is 5.90. The first-order chi connectivity index (χ1) is 10.2. The second kappa shape index (κ2) is 6.00. The molecule has 0 radical (unpaired) electrons. The summed E-state index contributed by atoms with van der Waals surface area (Å²) in [7, 11) is 0. The molecule has 2 nitrogen and oxygen atoms in total. The number of nitrogens with two attached hydrogens (primary N) is 1. The third-order valence-electron chi connectivity index (χ3n) is 4.57. The number of likely N-dealkylation sites (tertiary alicyclic amines) is 1. The Kier molecular flexibility index (Phi) is 4.09.